The van der Waals surface area contributed by atoms with Gasteiger partial charge in [-0.2, -0.15) is 0 Å². The zero-order valence-corrected chi connectivity index (χ0v) is 14.4. The van der Waals surface area contributed by atoms with E-state index in [1.54, 1.807) is 23.1 Å². The summed E-state index contributed by atoms with van der Waals surface area (Å²) in [6.45, 7) is 5.44. The van der Waals surface area contributed by atoms with Crippen LogP contribution in [0.25, 0.3) is 0 Å². The van der Waals surface area contributed by atoms with Crippen LogP contribution in [0.2, 0.25) is 5.02 Å². The fourth-order valence-electron chi connectivity index (χ4n) is 2.35. The Kier molecular flexibility index (Phi) is 6.28. The molecule has 0 aromatic heterocycles. The van der Waals surface area contributed by atoms with Gasteiger partial charge in [-0.3, -0.25) is 9.59 Å². The number of carbonyl (C=O) groups excluding carboxylic acids is 2. The van der Waals surface area contributed by atoms with Crippen molar-refractivity contribution >= 4 is 29.1 Å². The smallest absolute Gasteiger partial charge is 0.243 e. The number of amides is 2. The lowest BCUT2D eigenvalue weighted by Gasteiger charge is -2.26. The third-order valence-electron chi connectivity index (χ3n) is 3.54. The molecule has 5 nitrogen and oxygen atoms in total. The molecule has 0 radical (unpaired) electrons. The van der Waals surface area contributed by atoms with Crippen LogP contribution in [0.3, 0.4) is 0 Å². The lowest BCUT2D eigenvalue weighted by Crippen LogP contribution is -2.40. The molecular formula is C17H23ClN2O3. The summed E-state index contributed by atoms with van der Waals surface area (Å²) in [6.07, 6.45) is 2.39. The van der Waals surface area contributed by atoms with Crippen molar-refractivity contribution in [3.05, 3.63) is 23.2 Å². The second-order valence-electron chi connectivity index (χ2n) is 6.17. The van der Waals surface area contributed by atoms with E-state index >= 15 is 0 Å². The van der Waals surface area contributed by atoms with Gasteiger partial charge in [0.1, 0.15) is 5.75 Å². The van der Waals surface area contributed by atoms with E-state index in [1.807, 2.05) is 0 Å². The normalized spacial score (nSPS) is 15.0. The second-order valence-corrected chi connectivity index (χ2v) is 6.58. The maximum atomic E-state index is 12.1. The van der Waals surface area contributed by atoms with E-state index in [9.17, 15) is 9.59 Å². The highest BCUT2D eigenvalue weighted by atomic mass is 35.5. The van der Waals surface area contributed by atoms with Crippen LogP contribution in [0.1, 0.15) is 33.1 Å². The van der Waals surface area contributed by atoms with Crippen LogP contribution in [0.15, 0.2) is 18.2 Å². The highest BCUT2D eigenvalue weighted by molar-refractivity contribution is 6.32. The van der Waals surface area contributed by atoms with Gasteiger partial charge in [-0.25, -0.2) is 0 Å². The Hall–Kier alpha value is -1.75. The van der Waals surface area contributed by atoms with Crippen molar-refractivity contribution in [3.63, 3.8) is 0 Å². The van der Waals surface area contributed by atoms with E-state index < -0.39 is 0 Å². The number of nitrogens with zero attached hydrogens (tertiary/aromatic N) is 1. The van der Waals surface area contributed by atoms with Crippen molar-refractivity contribution in [1.82, 2.24) is 4.90 Å². The predicted octanol–water partition coefficient (Wildman–Crippen LogP) is 3.33. The Balaban J connectivity index is 1.90. The van der Waals surface area contributed by atoms with Crippen LogP contribution in [-0.2, 0) is 9.59 Å². The summed E-state index contributed by atoms with van der Waals surface area (Å²) in [5, 5.41) is 3.23. The lowest BCUT2D eigenvalue weighted by atomic mass is 10.1. The van der Waals surface area contributed by atoms with Gasteiger partial charge in [-0.1, -0.05) is 25.4 Å². The van der Waals surface area contributed by atoms with Gasteiger partial charge >= 0.3 is 0 Å². The number of rotatable bonds is 6. The maximum absolute atomic E-state index is 12.1. The molecule has 6 heteroatoms. The van der Waals surface area contributed by atoms with E-state index in [1.165, 1.54) is 0 Å². The standard InChI is InChI=1S/C17H23ClN2O3/c1-12(2)11-23-15-7-6-13(9-14(15)18)19-16(21)10-20-8-4-3-5-17(20)22/h6-7,9,12H,3-5,8,10-11H2,1-2H3,(H,19,21). The first-order valence-corrected chi connectivity index (χ1v) is 8.33. The first-order valence-electron chi connectivity index (χ1n) is 7.95. The number of halogens is 1. The van der Waals surface area contributed by atoms with Gasteiger partial charge in [0.25, 0.3) is 0 Å². The third kappa shape index (κ3) is 5.43. The van der Waals surface area contributed by atoms with Crippen LogP contribution in [-0.4, -0.2) is 36.4 Å². The molecule has 1 saturated heterocycles. The molecular weight excluding hydrogens is 316 g/mol. The van der Waals surface area contributed by atoms with Crippen LogP contribution in [0.5, 0.6) is 5.75 Å². The largest absolute Gasteiger partial charge is 0.492 e. The molecule has 2 amide bonds. The first-order chi connectivity index (χ1) is 11.0. The summed E-state index contributed by atoms with van der Waals surface area (Å²) in [5.74, 6) is 0.839. The van der Waals surface area contributed by atoms with Gasteiger partial charge in [0.2, 0.25) is 11.8 Å². The molecule has 1 N–H and O–H groups in total. The van der Waals surface area contributed by atoms with Gasteiger partial charge < -0.3 is 15.0 Å². The van der Waals surface area contributed by atoms with Gasteiger partial charge in [-0.15, -0.1) is 0 Å². The Labute approximate surface area is 141 Å². The van der Waals surface area contributed by atoms with Gasteiger partial charge in [0.15, 0.2) is 0 Å². The molecule has 0 bridgehead atoms. The average Bonchev–Trinajstić information content (AvgIpc) is 2.48. The van der Waals surface area contributed by atoms with Crippen molar-refractivity contribution in [3.8, 4) is 5.75 Å². The number of piperidine rings is 1. The zero-order chi connectivity index (χ0) is 16.8. The molecule has 0 saturated carbocycles. The summed E-state index contributed by atoms with van der Waals surface area (Å²) < 4.78 is 5.60. The monoisotopic (exact) mass is 338 g/mol. The SMILES string of the molecule is CC(C)COc1ccc(NC(=O)CN2CCCCC2=O)cc1Cl. The highest BCUT2D eigenvalue weighted by Gasteiger charge is 2.20. The maximum Gasteiger partial charge on any atom is 0.243 e. The van der Waals surface area contributed by atoms with E-state index in [0.29, 0.717) is 41.9 Å². The molecule has 1 aromatic carbocycles. The van der Waals surface area contributed by atoms with Crippen molar-refractivity contribution in [2.24, 2.45) is 5.92 Å². The number of hydrogen-bond acceptors (Lipinski definition) is 3. The number of anilines is 1. The predicted molar refractivity (Wildman–Crippen MR) is 90.8 cm³/mol. The third-order valence-corrected chi connectivity index (χ3v) is 3.84. The molecule has 1 heterocycles. The summed E-state index contributed by atoms with van der Waals surface area (Å²) in [7, 11) is 0. The van der Waals surface area contributed by atoms with Crippen LogP contribution < -0.4 is 10.1 Å². The van der Waals surface area contributed by atoms with E-state index in [0.717, 1.165) is 12.8 Å². The Morgan fingerprint density at radius 1 is 1.39 bits per heavy atom. The molecule has 23 heavy (non-hydrogen) atoms. The first kappa shape index (κ1) is 17.6. The minimum Gasteiger partial charge on any atom is -0.492 e. The summed E-state index contributed by atoms with van der Waals surface area (Å²) >= 11 is 6.17. The topological polar surface area (TPSA) is 58.6 Å². The van der Waals surface area contributed by atoms with E-state index in [2.05, 4.69) is 19.2 Å². The van der Waals surface area contributed by atoms with Crippen molar-refractivity contribution in [1.29, 1.82) is 0 Å². The molecule has 126 valence electrons. The summed E-state index contributed by atoms with van der Waals surface area (Å²) in [5.41, 5.74) is 0.598. The highest BCUT2D eigenvalue weighted by Crippen LogP contribution is 2.28. The second kappa shape index (κ2) is 8.20. The fourth-order valence-corrected chi connectivity index (χ4v) is 2.59. The average molecular weight is 339 g/mol. The van der Waals surface area contributed by atoms with Gasteiger partial charge in [0, 0.05) is 18.7 Å². The van der Waals surface area contributed by atoms with Crippen LogP contribution in [0.4, 0.5) is 5.69 Å². The lowest BCUT2D eigenvalue weighted by molar-refractivity contribution is -0.136. The molecule has 1 aliphatic rings. The molecule has 0 aliphatic carbocycles. The van der Waals surface area contributed by atoms with Crippen molar-refractivity contribution < 1.29 is 14.3 Å². The molecule has 0 unspecified atom stereocenters. The number of benzene rings is 1. The minimum absolute atomic E-state index is 0.0434. The van der Waals surface area contributed by atoms with Crippen molar-refractivity contribution in [2.45, 2.75) is 33.1 Å². The molecule has 1 aromatic rings. The molecule has 1 fully saturated rings. The number of likely N-dealkylation sites (tertiary alicyclic amines) is 1. The summed E-state index contributed by atoms with van der Waals surface area (Å²) in [4.78, 5) is 25.4. The number of ether oxygens (including phenoxy) is 1. The van der Waals surface area contributed by atoms with Gasteiger partial charge in [0.05, 0.1) is 18.2 Å². The number of carbonyl (C=O) groups is 2. The Morgan fingerprint density at radius 2 is 2.17 bits per heavy atom. The minimum atomic E-state index is -0.216. The molecule has 1 aliphatic heterocycles. The van der Waals surface area contributed by atoms with E-state index in [-0.39, 0.29) is 18.4 Å². The van der Waals surface area contributed by atoms with Crippen molar-refractivity contribution in [2.75, 3.05) is 25.0 Å². The molecule has 2 rings (SSSR count). The quantitative estimate of drug-likeness (QED) is 0.865. The van der Waals surface area contributed by atoms with Gasteiger partial charge in [-0.05, 0) is 37.0 Å². The van der Waals surface area contributed by atoms with Crippen LogP contribution >= 0.6 is 11.6 Å². The van der Waals surface area contributed by atoms with E-state index in [4.69, 9.17) is 16.3 Å². The van der Waals surface area contributed by atoms with Crippen LogP contribution in [0, 0.1) is 5.92 Å². The number of hydrogen-bond donors (Lipinski definition) is 1. The fraction of sp³-hybridized carbons (Fsp3) is 0.529. The molecule has 0 spiro atoms. The Morgan fingerprint density at radius 3 is 2.83 bits per heavy atom. The zero-order valence-electron chi connectivity index (χ0n) is 13.6. The number of nitrogens with one attached hydrogen (secondary N) is 1. The Bertz CT molecular complexity index is 575. The summed E-state index contributed by atoms with van der Waals surface area (Å²) in [6, 6.07) is 5.15. The molecule has 0 atom stereocenters.